The first kappa shape index (κ1) is 40.8. The second-order valence-electron chi connectivity index (χ2n) is 14.9. The van der Waals surface area contributed by atoms with Crippen LogP contribution in [0.3, 0.4) is 0 Å². The lowest BCUT2D eigenvalue weighted by molar-refractivity contribution is -0.438. The molecule has 0 atom stereocenters. The van der Waals surface area contributed by atoms with Crippen molar-refractivity contribution in [1.82, 2.24) is 0 Å². The van der Waals surface area contributed by atoms with E-state index in [1.807, 2.05) is 30.3 Å². The number of ether oxygens (including phenoxy) is 2. The Bertz CT molecular complexity index is 2110. The molecule has 2 aromatic rings. The largest absolute Gasteiger partial charge is 0.748 e. The highest BCUT2D eigenvalue weighted by molar-refractivity contribution is 7.85. The van der Waals surface area contributed by atoms with E-state index in [0.717, 1.165) is 75.8 Å². The minimum absolute atomic E-state index is 0.278. The van der Waals surface area contributed by atoms with Gasteiger partial charge in [0.2, 0.25) is 5.69 Å². The first-order valence-corrected chi connectivity index (χ1v) is 21.6. The van der Waals surface area contributed by atoms with Crippen LogP contribution in [0.1, 0.15) is 83.8 Å². The molecule has 2 heterocycles. The average Bonchev–Trinajstić information content (AvgIpc) is 3.43. The second-order valence-corrected chi connectivity index (χ2v) is 18.4. The molecule has 1 N–H and O–H groups in total. The van der Waals surface area contributed by atoms with E-state index in [2.05, 4.69) is 67.5 Å². The van der Waals surface area contributed by atoms with Crippen LogP contribution in [-0.2, 0) is 31.1 Å². The fraction of sp³-hybridized carbons (Fsp3) is 0.475. The van der Waals surface area contributed by atoms with Crippen LogP contribution in [0.25, 0.3) is 0 Å². The van der Waals surface area contributed by atoms with Crippen LogP contribution in [0.2, 0.25) is 0 Å². The van der Waals surface area contributed by atoms with Gasteiger partial charge in [0, 0.05) is 58.3 Å². The van der Waals surface area contributed by atoms with Crippen molar-refractivity contribution >= 4 is 48.9 Å². The molecule has 5 rings (SSSR count). The van der Waals surface area contributed by atoms with Gasteiger partial charge in [-0.1, -0.05) is 37.6 Å². The van der Waals surface area contributed by atoms with Crippen molar-refractivity contribution in [1.29, 1.82) is 0 Å². The number of anilines is 1. The van der Waals surface area contributed by atoms with Crippen molar-refractivity contribution in [2.75, 3.05) is 43.7 Å². The van der Waals surface area contributed by atoms with Gasteiger partial charge in [0.05, 0.1) is 35.5 Å². The van der Waals surface area contributed by atoms with Gasteiger partial charge in [-0.3, -0.25) is 4.55 Å². The molecule has 0 aromatic heterocycles. The zero-order chi connectivity index (χ0) is 38.8. The van der Waals surface area contributed by atoms with Crippen molar-refractivity contribution in [2.24, 2.45) is 0 Å². The molecule has 0 saturated heterocycles. The van der Waals surface area contributed by atoms with Crippen LogP contribution in [0.5, 0.6) is 11.5 Å². The molecule has 0 saturated carbocycles. The molecule has 13 heteroatoms. The van der Waals surface area contributed by atoms with Crippen molar-refractivity contribution < 1.29 is 40.0 Å². The summed E-state index contributed by atoms with van der Waals surface area (Å²) in [7, 11) is -5.03. The highest BCUT2D eigenvalue weighted by Gasteiger charge is 2.45. The summed E-state index contributed by atoms with van der Waals surface area (Å²) >= 11 is 7.18. The normalized spacial score (nSPS) is 19.8. The summed E-state index contributed by atoms with van der Waals surface area (Å²) in [6.07, 6.45) is 12.7. The smallest absolute Gasteiger partial charge is 0.264 e. The van der Waals surface area contributed by atoms with Crippen molar-refractivity contribution in [3.63, 3.8) is 0 Å². The van der Waals surface area contributed by atoms with Crippen molar-refractivity contribution in [3.8, 4) is 11.5 Å². The summed E-state index contributed by atoms with van der Waals surface area (Å²) < 4.78 is 79.1. The predicted octanol–water partition coefficient (Wildman–Crippen LogP) is 7.91. The second kappa shape index (κ2) is 16.1. The number of unbranched alkanes of at least 4 members (excludes halogenated alkanes) is 2. The molecule has 0 amide bonds. The summed E-state index contributed by atoms with van der Waals surface area (Å²) in [5.74, 6) is 0.851. The summed E-state index contributed by atoms with van der Waals surface area (Å²) in [4.78, 5) is 2.21. The third-order valence-electron chi connectivity index (χ3n) is 10.6. The molecule has 0 bridgehead atoms. The lowest BCUT2D eigenvalue weighted by Crippen LogP contribution is -2.28. The lowest BCUT2D eigenvalue weighted by Gasteiger charge is -2.27. The molecule has 0 fully saturated rings. The number of hydrogen-bond acceptors (Lipinski definition) is 8. The molecule has 0 radical (unpaired) electrons. The summed E-state index contributed by atoms with van der Waals surface area (Å²) in [5, 5.41) is 0.710. The van der Waals surface area contributed by atoms with E-state index in [0.29, 0.717) is 37.4 Å². The van der Waals surface area contributed by atoms with Gasteiger partial charge in [0.1, 0.15) is 18.0 Å². The van der Waals surface area contributed by atoms with Gasteiger partial charge in [-0.2, -0.15) is 13.0 Å². The van der Waals surface area contributed by atoms with Gasteiger partial charge in [-0.25, -0.2) is 8.42 Å². The zero-order valence-corrected chi connectivity index (χ0v) is 33.8. The highest BCUT2D eigenvalue weighted by atomic mass is 35.5. The third-order valence-corrected chi connectivity index (χ3v) is 12.7. The van der Waals surface area contributed by atoms with E-state index >= 15 is 0 Å². The Labute approximate surface area is 320 Å². The molecule has 0 unspecified atom stereocenters. The van der Waals surface area contributed by atoms with E-state index in [-0.39, 0.29) is 28.8 Å². The molecule has 2 aromatic carbocycles. The minimum Gasteiger partial charge on any atom is -0.748 e. The molecule has 2 aliphatic heterocycles. The average molecular weight is 787 g/mol. The maximum absolute atomic E-state index is 11.4. The number of hydrogen-bond donors (Lipinski definition) is 1. The van der Waals surface area contributed by atoms with Crippen molar-refractivity contribution in [2.45, 2.75) is 83.5 Å². The zero-order valence-electron chi connectivity index (χ0n) is 31.4. The summed E-state index contributed by atoms with van der Waals surface area (Å²) in [6, 6.07) is 12.0. The molecule has 10 nitrogen and oxygen atoms in total. The Morgan fingerprint density at radius 1 is 0.868 bits per heavy atom. The van der Waals surface area contributed by atoms with Crippen LogP contribution in [0.4, 0.5) is 11.4 Å². The first-order chi connectivity index (χ1) is 24.9. The van der Waals surface area contributed by atoms with Crippen LogP contribution in [-0.4, -0.2) is 75.0 Å². The number of benzene rings is 2. The molecular formula is C40H51ClN2O8S2. The van der Waals surface area contributed by atoms with Gasteiger partial charge in [-0.05, 0) is 105 Å². The Morgan fingerprint density at radius 3 is 2.19 bits per heavy atom. The molecule has 288 valence electrons. The van der Waals surface area contributed by atoms with Crippen LogP contribution < -0.4 is 14.4 Å². The quantitative estimate of drug-likeness (QED) is 0.109. The number of methoxy groups -OCH3 is 2. The SMILES string of the molecule is COc1ccc2c(c1)C(C)(C)C(/C=C/C1=C(Cl)C(=C/C=C3\N(CCCCS(=O)(=O)[O-])c4ccc(OC)cc4C3(C)C)/CCC1)=[N+]2CCCCS(=O)(=O)O. The van der Waals surface area contributed by atoms with E-state index in [1.165, 1.54) is 0 Å². The minimum atomic E-state index is -4.28. The fourth-order valence-corrected chi connectivity index (χ4v) is 9.16. The Balaban J connectivity index is 1.47. The number of nitrogens with zero attached hydrogens (tertiary/aromatic N) is 2. The monoisotopic (exact) mass is 786 g/mol. The number of halogens is 1. The van der Waals surface area contributed by atoms with E-state index in [1.54, 1.807) is 14.2 Å². The standard InChI is InChI=1S/C40H51ClN2O8S2/c1-39(2)32-26-30(50-5)16-18-34(32)42(22-7-9-24-52(44,45)46)36(39)20-14-28-12-11-13-29(38(28)41)15-21-37-40(3,4)33-27-31(51-6)17-19-35(33)43(37)23-8-10-25-53(47,48)49/h14-21,26-27H,7-13,22-25H2,1-6H3,(H-,44,45,46,47,48,49). The molecule has 0 spiro atoms. The van der Waals surface area contributed by atoms with Gasteiger partial charge >= 0.3 is 0 Å². The molecule has 53 heavy (non-hydrogen) atoms. The molecular weight excluding hydrogens is 736 g/mol. The number of allylic oxidation sites excluding steroid dienone is 8. The van der Waals surface area contributed by atoms with Gasteiger partial charge in [0.25, 0.3) is 10.1 Å². The Morgan fingerprint density at radius 2 is 1.53 bits per heavy atom. The van der Waals surface area contributed by atoms with Gasteiger partial charge in [0.15, 0.2) is 5.71 Å². The fourth-order valence-electron chi connectivity index (χ4n) is 7.72. The van der Waals surface area contributed by atoms with Crippen LogP contribution in [0, 0.1) is 0 Å². The maximum Gasteiger partial charge on any atom is 0.264 e. The van der Waals surface area contributed by atoms with Gasteiger partial charge < -0.3 is 18.9 Å². The van der Waals surface area contributed by atoms with Gasteiger partial charge in [-0.15, -0.1) is 0 Å². The summed E-state index contributed by atoms with van der Waals surface area (Å²) in [5.41, 5.74) is 7.68. The van der Waals surface area contributed by atoms with E-state index in [4.69, 9.17) is 21.1 Å². The lowest BCUT2D eigenvalue weighted by atomic mass is 9.81. The maximum atomic E-state index is 11.4. The first-order valence-electron chi connectivity index (χ1n) is 18.0. The Hall–Kier alpha value is -3.42. The van der Waals surface area contributed by atoms with E-state index in [9.17, 15) is 25.9 Å². The molecule has 1 aliphatic carbocycles. The third kappa shape index (κ3) is 9.28. The van der Waals surface area contributed by atoms with Crippen molar-refractivity contribution in [3.05, 3.63) is 93.7 Å². The van der Waals surface area contributed by atoms with Crippen LogP contribution >= 0.6 is 11.6 Å². The van der Waals surface area contributed by atoms with Crippen LogP contribution in [0.15, 0.2) is 82.6 Å². The molecule has 3 aliphatic rings. The van der Waals surface area contributed by atoms with E-state index < -0.39 is 20.2 Å². The number of fused-ring (bicyclic) bond motifs is 2. The predicted molar refractivity (Wildman–Crippen MR) is 211 cm³/mol. The summed E-state index contributed by atoms with van der Waals surface area (Å²) in [6.45, 7) is 9.79. The number of rotatable bonds is 15. The highest BCUT2D eigenvalue weighted by Crippen LogP contribution is 2.49. The topological polar surface area (TPSA) is 136 Å². The Kier molecular flexibility index (Phi) is 12.4.